The van der Waals surface area contributed by atoms with Crippen LogP contribution in [0, 0.1) is 0 Å². The molecule has 1 fully saturated rings. The van der Waals surface area contributed by atoms with Gasteiger partial charge in [-0.1, -0.05) is 6.07 Å². The summed E-state index contributed by atoms with van der Waals surface area (Å²) < 4.78 is 5.61. The van der Waals surface area contributed by atoms with Crippen LogP contribution < -0.4 is 5.69 Å². The first-order valence-corrected chi connectivity index (χ1v) is 7.29. The second-order valence-corrected chi connectivity index (χ2v) is 5.94. The Morgan fingerprint density at radius 3 is 2.71 bits per heavy atom. The van der Waals surface area contributed by atoms with Crippen LogP contribution in [0.3, 0.4) is 0 Å². The summed E-state index contributed by atoms with van der Waals surface area (Å²) in [6.45, 7) is 0.810. The van der Waals surface area contributed by atoms with Crippen LogP contribution in [-0.2, 0) is 20.6 Å². The molecule has 1 saturated carbocycles. The Labute approximate surface area is 122 Å². The second-order valence-electron chi connectivity index (χ2n) is 5.94. The molecule has 0 atom stereocenters. The Bertz CT molecular complexity index is 879. The molecule has 5 heteroatoms. The van der Waals surface area contributed by atoms with Crippen molar-refractivity contribution in [3.8, 4) is 0 Å². The van der Waals surface area contributed by atoms with Crippen molar-refractivity contribution in [1.29, 1.82) is 0 Å². The van der Waals surface area contributed by atoms with E-state index in [4.69, 9.17) is 0 Å². The van der Waals surface area contributed by atoms with Gasteiger partial charge in [-0.15, -0.1) is 0 Å². The van der Waals surface area contributed by atoms with Crippen molar-refractivity contribution in [2.45, 2.75) is 25.3 Å². The molecule has 5 nitrogen and oxygen atoms in total. The van der Waals surface area contributed by atoms with Gasteiger partial charge in [-0.3, -0.25) is 9.13 Å². The first-order valence-electron chi connectivity index (χ1n) is 7.29. The van der Waals surface area contributed by atoms with Crippen molar-refractivity contribution in [2.24, 2.45) is 14.1 Å². The third-order valence-corrected chi connectivity index (χ3v) is 4.43. The summed E-state index contributed by atoms with van der Waals surface area (Å²) in [6.07, 6.45) is 6.44. The minimum absolute atomic E-state index is 0.0171. The Morgan fingerprint density at radius 1 is 1.19 bits per heavy atom. The molecule has 1 aromatic carbocycles. The molecule has 2 heterocycles. The highest BCUT2D eigenvalue weighted by molar-refractivity contribution is 5.76. The molecule has 0 N–H and O–H groups in total. The monoisotopic (exact) mass is 282 g/mol. The number of aromatic nitrogens is 4. The second kappa shape index (κ2) is 4.35. The number of nitrogens with zero attached hydrogens (tertiary/aromatic N) is 4. The standard InChI is InChI=1S/C16H18N4O/c1-18-13-6-3-11(7-14(13)19(2)16(18)21)9-20-10-17-8-15(20)12-4-5-12/h3,6-8,10,12H,4-5,9H2,1-2H3. The molecular weight excluding hydrogens is 264 g/mol. The highest BCUT2D eigenvalue weighted by Gasteiger charge is 2.26. The molecule has 0 spiro atoms. The first kappa shape index (κ1) is 12.4. The molecule has 0 amide bonds. The fourth-order valence-electron chi connectivity index (χ4n) is 3.03. The minimum Gasteiger partial charge on any atom is -0.330 e. The smallest absolute Gasteiger partial charge is 0.328 e. The lowest BCUT2D eigenvalue weighted by molar-refractivity contribution is 0.742. The van der Waals surface area contributed by atoms with E-state index in [1.54, 1.807) is 9.13 Å². The van der Waals surface area contributed by atoms with Gasteiger partial charge in [-0.25, -0.2) is 9.78 Å². The van der Waals surface area contributed by atoms with E-state index in [2.05, 4.69) is 21.7 Å². The van der Waals surface area contributed by atoms with Gasteiger partial charge >= 0.3 is 5.69 Å². The molecule has 2 aromatic heterocycles. The van der Waals surface area contributed by atoms with E-state index < -0.39 is 0 Å². The fourth-order valence-corrected chi connectivity index (χ4v) is 3.03. The predicted octanol–water partition coefficient (Wildman–Crippen LogP) is 2.00. The summed E-state index contributed by atoms with van der Waals surface area (Å²) in [5, 5.41) is 0. The van der Waals surface area contributed by atoms with Crippen molar-refractivity contribution >= 4 is 11.0 Å². The summed E-state index contributed by atoms with van der Waals surface area (Å²) in [4.78, 5) is 16.3. The van der Waals surface area contributed by atoms with Crippen molar-refractivity contribution in [2.75, 3.05) is 0 Å². The van der Waals surface area contributed by atoms with Crippen LogP contribution in [0.25, 0.3) is 11.0 Å². The Morgan fingerprint density at radius 2 is 1.95 bits per heavy atom. The van der Waals surface area contributed by atoms with E-state index in [0.717, 1.165) is 17.6 Å². The molecule has 0 saturated heterocycles. The van der Waals surface area contributed by atoms with E-state index in [0.29, 0.717) is 5.92 Å². The zero-order chi connectivity index (χ0) is 14.6. The van der Waals surface area contributed by atoms with Gasteiger partial charge in [0.05, 0.1) is 17.4 Å². The zero-order valence-electron chi connectivity index (χ0n) is 12.3. The number of aryl methyl sites for hydroxylation is 2. The van der Waals surface area contributed by atoms with Crippen LogP contribution in [0.15, 0.2) is 35.5 Å². The number of hydrogen-bond acceptors (Lipinski definition) is 2. The third-order valence-electron chi connectivity index (χ3n) is 4.43. The first-order chi connectivity index (χ1) is 10.1. The summed E-state index contributed by atoms with van der Waals surface area (Å²) in [7, 11) is 3.63. The van der Waals surface area contributed by atoms with Gasteiger partial charge in [0.25, 0.3) is 0 Å². The van der Waals surface area contributed by atoms with Crippen LogP contribution in [0.2, 0.25) is 0 Å². The van der Waals surface area contributed by atoms with Gasteiger partial charge in [0.15, 0.2) is 0 Å². The zero-order valence-corrected chi connectivity index (χ0v) is 12.3. The molecule has 0 bridgehead atoms. The normalized spacial score (nSPS) is 15.0. The maximum absolute atomic E-state index is 12.0. The van der Waals surface area contributed by atoms with Gasteiger partial charge in [0.2, 0.25) is 0 Å². The molecule has 4 rings (SSSR count). The molecular formula is C16H18N4O. The minimum atomic E-state index is 0.0171. The quantitative estimate of drug-likeness (QED) is 0.737. The Hall–Kier alpha value is -2.30. The van der Waals surface area contributed by atoms with E-state index >= 15 is 0 Å². The van der Waals surface area contributed by atoms with Gasteiger partial charge in [-0.05, 0) is 30.5 Å². The van der Waals surface area contributed by atoms with E-state index in [1.165, 1.54) is 24.1 Å². The van der Waals surface area contributed by atoms with Crippen molar-refractivity contribution in [3.63, 3.8) is 0 Å². The molecule has 1 aliphatic rings. The molecule has 21 heavy (non-hydrogen) atoms. The van der Waals surface area contributed by atoms with Crippen molar-refractivity contribution in [1.82, 2.24) is 18.7 Å². The number of rotatable bonds is 3. The lowest BCUT2D eigenvalue weighted by atomic mass is 10.2. The lowest BCUT2D eigenvalue weighted by Gasteiger charge is -2.08. The summed E-state index contributed by atoms with van der Waals surface area (Å²) in [5.74, 6) is 0.692. The highest BCUT2D eigenvalue weighted by atomic mass is 16.1. The molecule has 3 aromatic rings. The van der Waals surface area contributed by atoms with Crippen molar-refractivity contribution < 1.29 is 0 Å². The number of fused-ring (bicyclic) bond motifs is 1. The molecule has 1 aliphatic carbocycles. The summed E-state index contributed by atoms with van der Waals surface area (Å²) in [6, 6.07) is 6.23. The SMILES string of the molecule is Cn1c(=O)n(C)c2cc(Cn3cncc3C3CC3)ccc21. The van der Waals surface area contributed by atoms with Gasteiger partial charge in [-0.2, -0.15) is 0 Å². The summed E-state index contributed by atoms with van der Waals surface area (Å²) in [5.41, 5.74) is 4.50. The summed E-state index contributed by atoms with van der Waals surface area (Å²) >= 11 is 0. The Kier molecular flexibility index (Phi) is 2.58. The van der Waals surface area contributed by atoms with Crippen LogP contribution in [0.1, 0.15) is 30.0 Å². The fraction of sp³-hybridized carbons (Fsp3) is 0.375. The average molecular weight is 282 g/mol. The number of imidazole rings is 2. The molecule has 108 valence electrons. The lowest BCUT2D eigenvalue weighted by Crippen LogP contribution is -2.19. The largest absolute Gasteiger partial charge is 0.330 e. The van der Waals surface area contributed by atoms with Crippen molar-refractivity contribution in [3.05, 3.63) is 52.5 Å². The predicted molar refractivity (Wildman–Crippen MR) is 81.5 cm³/mol. The van der Waals surface area contributed by atoms with Gasteiger partial charge in [0.1, 0.15) is 0 Å². The molecule has 0 radical (unpaired) electrons. The Balaban J connectivity index is 1.75. The average Bonchev–Trinajstić information content (AvgIpc) is 3.20. The van der Waals surface area contributed by atoms with E-state index in [-0.39, 0.29) is 5.69 Å². The maximum atomic E-state index is 12.0. The van der Waals surface area contributed by atoms with Gasteiger partial charge in [0, 0.05) is 38.4 Å². The van der Waals surface area contributed by atoms with E-state index in [1.807, 2.05) is 32.7 Å². The van der Waals surface area contributed by atoms with Crippen LogP contribution in [0.4, 0.5) is 0 Å². The number of hydrogen-bond donors (Lipinski definition) is 0. The van der Waals surface area contributed by atoms with Gasteiger partial charge < -0.3 is 4.57 Å². The molecule has 0 aliphatic heterocycles. The number of benzene rings is 1. The van der Waals surface area contributed by atoms with Crippen LogP contribution >= 0.6 is 0 Å². The van der Waals surface area contributed by atoms with E-state index in [9.17, 15) is 4.79 Å². The third kappa shape index (κ3) is 1.92. The van der Waals surface area contributed by atoms with Crippen LogP contribution in [-0.4, -0.2) is 18.7 Å². The van der Waals surface area contributed by atoms with Crippen LogP contribution in [0.5, 0.6) is 0 Å². The maximum Gasteiger partial charge on any atom is 0.328 e. The molecule has 0 unspecified atom stereocenters. The highest BCUT2D eigenvalue weighted by Crippen LogP contribution is 2.39. The topological polar surface area (TPSA) is 44.8 Å².